The largest absolute Gasteiger partial charge is 0.451 e. The number of hydrogen-bond acceptors (Lipinski definition) is 7. The normalized spacial score (nSPS) is 10.7. The maximum atomic E-state index is 9.17. The number of allylic oxidation sites excluding steroid dienone is 1. The van der Waals surface area contributed by atoms with Crippen LogP contribution < -0.4 is 10.6 Å². The minimum absolute atomic E-state index is 0.184. The van der Waals surface area contributed by atoms with Gasteiger partial charge in [0.2, 0.25) is 5.95 Å². The fourth-order valence-electron chi connectivity index (χ4n) is 2.46. The summed E-state index contributed by atoms with van der Waals surface area (Å²) in [7, 11) is 0. The van der Waals surface area contributed by atoms with Crippen molar-refractivity contribution >= 4 is 23.5 Å². The Morgan fingerprint density at radius 2 is 2.20 bits per heavy atom. The molecule has 0 spiro atoms. The van der Waals surface area contributed by atoms with Crippen molar-refractivity contribution in [3.05, 3.63) is 66.0 Å². The minimum atomic E-state index is 0.184. The van der Waals surface area contributed by atoms with E-state index in [-0.39, 0.29) is 5.95 Å². The van der Waals surface area contributed by atoms with Crippen molar-refractivity contribution in [1.82, 2.24) is 15.0 Å². The lowest BCUT2D eigenvalue weighted by Gasteiger charge is -2.25. The topological polar surface area (TPSA) is 105 Å². The first-order chi connectivity index (χ1) is 12.2. The predicted octanol–water partition coefficient (Wildman–Crippen LogP) is 3.29. The van der Waals surface area contributed by atoms with Gasteiger partial charge in [-0.2, -0.15) is 10.2 Å². The highest BCUT2D eigenvalue weighted by atomic mass is 16.3. The second kappa shape index (κ2) is 7.27. The van der Waals surface area contributed by atoms with Crippen LogP contribution in [-0.2, 0) is 6.54 Å². The first kappa shape index (κ1) is 16.2. The molecular formula is C18H16N6O. The van der Waals surface area contributed by atoms with E-state index < -0.39 is 0 Å². The molecule has 0 atom stereocenters. The van der Waals surface area contributed by atoms with E-state index in [1.807, 2.05) is 36.1 Å². The van der Waals surface area contributed by atoms with Gasteiger partial charge in [-0.25, -0.2) is 9.97 Å². The summed E-state index contributed by atoms with van der Waals surface area (Å²) in [5.41, 5.74) is 8.84. The van der Waals surface area contributed by atoms with Gasteiger partial charge in [0.15, 0.2) is 6.39 Å². The molecule has 0 aliphatic rings. The van der Waals surface area contributed by atoms with Crippen LogP contribution in [0.5, 0.6) is 0 Å². The standard InChI is InChI=1S/C18H16N6O/c1-2-3-14-8-13(9-19)4-5-16(14)24(10-15-11-25-12-22-15)17-6-7-21-18(20)23-17/h2-8,11-12H,10H2,1H3,(H2,20,21,23). The molecule has 7 heteroatoms. The Hall–Kier alpha value is -3.66. The highest BCUT2D eigenvalue weighted by molar-refractivity contribution is 5.74. The molecule has 25 heavy (non-hydrogen) atoms. The fraction of sp³-hybridized carbons (Fsp3) is 0.111. The van der Waals surface area contributed by atoms with Gasteiger partial charge in [0.25, 0.3) is 0 Å². The number of nitrogens with two attached hydrogens (primary N) is 1. The number of nitrogen functional groups attached to an aromatic ring is 1. The van der Waals surface area contributed by atoms with E-state index in [0.29, 0.717) is 17.9 Å². The van der Waals surface area contributed by atoms with E-state index in [1.54, 1.807) is 24.6 Å². The number of aromatic nitrogens is 3. The predicted molar refractivity (Wildman–Crippen MR) is 94.7 cm³/mol. The molecule has 2 N–H and O–H groups in total. The smallest absolute Gasteiger partial charge is 0.221 e. The van der Waals surface area contributed by atoms with Crippen LogP contribution in [0.2, 0.25) is 0 Å². The molecule has 0 bridgehead atoms. The van der Waals surface area contributed by atoms with Crippen LogP contribution in [0.25, 0.3) is 6.08 Å². The lowest BCUT2D eigenvalue weighted by molar-refractivity contribution is 0.556. The fourth-order valence-corrected chi connectivity index (χ4v) is 2.46. The maximum Gasteiger partial charge on any atom is 0.221 e. The summed E-state index contributed by atoms with van der Waals surface area (Å²) in [5.74, 6) is 0.815. The monoisotopic (exact) mass is 332 g/mol. The number of rotatable bonds is 5. The van der Waals surface area contributed by atoms with Crippen molar-refractivity contribution in [2.45, 2.75) is 13.5 Å². The third kappa shape index (κ3) is 3.64. The minimum Gasteiger partial charge on any atom is -0.451 e. The van der Waals surface area contributed by atoms with Crippen LogP contribution in [0.3, 0.4) is 0 Å². The van der Waals surface area contributed by atoms with Gasteiger partial charge in [-0.15, -0.1) is 0 Å². The summed E-state index contributed by atoms with van der Waals surface area (Å²) in [6, 6.07) is 9.41. The Bertz CT molecular complexity index is 927. The number of benzene rings is 1. The summed E-state index contributed by atoms with van der Waals surface area (Å²) in [5, 5.41) is 9.17. The van der Waals surface area contributed by atoms with Crippen LogP contribution in [0, 0.1) is 11.3 Å². The van der Waals surface area contributed by atoms with Crippen molar-refractivity contribution in [3.8, 4) is 6.07 Å². The highest BCUT2D eigenvalue weighted by Crippen LogP contribution is 2.31. The SMILES string of the molecule is CC=Cc1cc(C#N)ccc1N(Cc1cocn1)c1ccnc(N)n1. The van der Waals surface area contributed by atoms with E-state index in [4.69, 9.17) is 10.2 Å². The molecule has 2 aromatic heterocycles. The summed E-state index contributed by atoms with van der Waals surface area (Å²) in [4.78, 5) is 14.4. The Morgan fingerprint density at radius 1 is 1.32 bits per heavy atom. The zero-order chi connectivity index (χ0) is 17.6. The molecular weight excluding hydrogens is 316 g/mol. The van der Waals surface area contributed by atoms with Gasteiger partial charge in [0, 0.05) is 6.20 Å². The van der Waals surface area contributed by atoms with E-state index in [2.05, 4.69) is 21.0 Å². The molecule has 3 rings (SSSR count). The van der Waals surface area contributed by atoms with Crippen LogP contribution in [-0.4, -0.2) is 15.0 Å². The van der Waals surface area contributed by atoms with Crippen LogP contribution in [0.1, 0.15) is 23.7 Å². The van der Waals surface area contributed by atoms with E-state index in [0.717, 1.165) is 16.9 Å². The molecule has 7 nitrogen and oxygen atoms in total. The molecule has 0 aliphatic heterocycles. The third-order valence-electron chi connectivity index (χ3n) is 3.53. The van der Waals surface area contributed by atoms with Gasteiger partial charge in [0.1, 0.15) is 12.1 Å². The van der Waals surface area contributed by atoms with Crippen LogP contribution in [0.15, 0.2) is 53.6 Å². The highest BCUT2D eigenvalue weighted by Gasteiger charge is 2.16. The molecule has 0 saturated carbocycles. The Kier molecular flexibility index (Phi) is 4.72. The third-order valence-corrected chi connectivity index (χ3v) is 3.53. The Labute approximate surface area is 145 Å². The molecule has 0 amide bonds. The molecule has 0 fully saturated rings. The quantitative estimate of drug-likeness (QED) is 0.764. The van der Waals surface area contributed by atoms with E-state index in [1.165, 1.54) is 6.39 Å². The van der Waals surface area contributed by atoms with Crippen LogP contribution >= 0.6 is 0 Å². The zero-order valence-electron chi connectivity index (χ0n) is 13.6. The summed E-state index contributed by atoms with van der Waals surface area (Å²) in [6.45, 7) is 2.36. The molecule has 0 unspecified atom stereocenters. The summed E-state index contributed by atoms with van der Waals surface area (Å²) in [6.07, 6.45) is 8.43. The molecule has 3 aromatic rings. The van der Waals surface area contributed by atoms with Crippen molar-refractivity contribution in [2.75, 3.05) is 10.6 Å². The molecule has 0 saturated heterocycles. The van der Waals surface area contributed by atoms with Crippen molar-refractivity contribution in [2.24, 2.45) is 0 Å². The summed E-state index contributed by atoms with van der Waals surface area (Å²) >= 11 is 0. The molecule has 1 aromatic carbocycles. The molecule has 0 aliphatic carbocycles. The Balaban J connectivity index is 2.12. The van der Waals surface area contributed by atoms with Gasteiger partial charge < -0.3 is 15.1 Å². The van der Waals surface area contributed by atoms with Gasteiger partial charge >= 0.3 is 0 Å². The number of anilines is 3. The van der Waals surface area contributed by atoms with Gasteiger partial charge in [0.05, 0.1) is 29.6 Å². The Morgan fingerprint density at radius 3 is 2.88 bits per heavy atom. The maximum absolute atomic E-state index is 9.17. The van der Waals surface area contributed by atoms with Crippen molar-refractivity contribution in [3.63, 3.8) is 0 Å². The molecule has 124 valence electrons. The zero-order valence-corrected chi connectivity index (χ0v) is 13.6. The first-order valence-electron chi connectivity index (χ1n) is 7.61. The number of hydrogen-bond donors (Lipinski definition) is 1. The van der Waals surface area contributed by atoms with Crippen molar-refractivity contribution < 1.29 is 4.42 Å². The second-order valence-corrected chi connectivity index (χ2v) is 5.22. The number of nitriles is 1. The van der Waals surface area contributed by atoms with Crippen LogP contribution in [0.4, 0.5) is 17.5 Å². The van der Waals surface area contributed by atoms with Gasteiger partial charge in [-0.05, 0) is 36.8 Å². The number of oxazole rings is 1. The lowest BCUT2D eigenvalue weighted by atomic mass is 10.1. The average Bonchev–Trinajstić information content (AvgIpc) is 3.13. The second-order valence-electron chi connectivity index (χ2n) is 5.22. The number of nitrogens with zero attached hydrogens (tertiary/aromatic N) is 5. The first-order valence-corrected chi connectivity index (χ1v) is 7.61. The molecule has 2 heterocycles. The van der Waals surface area contributed by atoms with Gasteiger partial charge in [-0.3, -0.25) is 0 Å². The van der Waals surface area contributed by atoms with E-state index >= 15 is 0 Å². The van der Waals surface area contributed by atoms with Gasteiger partial charge in [-0.1, -0.05) is 12.2 Å². The summed E-state index contributed by atoms with van der Waals surface area (Å²) < 4.78 is 5.07. The molecule has 0 radical (unpaired) electrons. The average molecular weight is 332 g/mol. The lowest BCUT2D eigenvalue weighted by Crippen LogP contribution is -2.19. The van der Waals surface area contributed by atoms with E-state index in [9.17, 15) is 5.26 Å². The van der Waals surface area contributed by atoms with Crippen molar-refractivity contribution in [1.29, 1.82) is 5.26 Å².